The van der Waals surface area contributed by atoms with Gasteiger partial charge in [-0.2, -0.15) is 4.89 Å². The van der Waals surface area contributed by atoms with E-state index < -0.39 is 11.9 Å². The monoisotopic (exact) mass is 274 g/mol. The molecule has 0 heterocycles. The molecule has 0 saturated heterocycles. The molecule has 0 amide bonds. The lowest BCUT2D eigenvalue weighted by Gasteiger charge is -2.11. The van der Waals surface area contributed by atoms with Gasteiger partial charge >= 0.3 is 11.9 Å². The molecule has 7 heteroatoms. The first kappa shape index (κ1) is 17.2. The number of ether oxygens (including phenoxy) is 1. The summed E-state index contributed by atoms with van der Waals surface area (Å²) < 4.78 is 4.80. The Morgan fingerprint density at radius 2 is 1.42 bits per heavy atom. The molecule has 0 aliphatic carbocycles. The maximum atomic E-state index is 11.1. The van der Waals surface area contributed by atoms with E-state index in [9.17, 15) is 19.2 Å². The van der Waals surface area contributed by atoms with Gasteiger partial charge in [0.2, 0.25) is 0 Å². The highest BCUT2D eigenvalue weighted by atomic mass is 17.2. The van der Waals surface area contributed by atoms with Crippen molar-refractivity contribution in [2.75, 3.05) is 13.2 Å². The molecule has 0 aromatic rings. The molecule has 19 heavy (non-hydrogen) atoms. The zero-order chi connectivity index (χ0) is 14.8. The standard InChI is InChI=1S/C12H18O7/c1-8(6-17-11(15)4-9(2)13)7-18-19-12(16)5-10(3)14/h8H,4-7H2,1-3H3. The molecule has 7 nitrogen and oxygen atoms in total. The first-order valence-corrected chi connectivity index (χ1v) is 5.78. The summed E-state index contributed by atoms with van der Waals surface area (Å²) in [7, 11) is 0. The number of hydrogen-bond acceptors (Lipinski definition) is 7. The van der Waals surface area contributed by atoms with E-state index in [1.165, 1.54) is 13.8 Å². The molecule has 1 unspecified atom stereocenters. The molecule has 0 fully saturated rings. The van der Waals surface area contributed by atoms with E-state index in [-0.39, 0.29) is 43.5 Å². The molecule has 0 rings (SSSR count). The van der Waals surface area contributed by atoms with Gasteiger partial charge in [0, 0.05) is 5.92 Å². The van der Waals surface area contributed by atoms with Gasteiger partial charge in [-0.05, 0) is 13.8 Å². The molecule has 0 N–H and O–H groups in total. The number of rotatable bonds is 9. The highest BCUT2D eigenvalue weighted by Gasteiger charge is 2.12. The summed E-state index contributed by atoms with van der Waals surface area (Å²) in [4.78, 5) is 52.1. The van der Waals surface area contributed by atoms with Crippen LogP contribution >= 0.6 is 0 Å². The van der Waals surface area contributed by atoms with Crippen molar-refractivity contribution in [3.05, 3.63) is 0 Å². The molecule has 1 atom stereocenters. The zero-order valence-corrected chi connectivity index (χ0v) is 11.3. The van der Waals surface area contributed by atoms with Crippen LogP contribution in [0.15, 0.2) is 0 Å². The summed E-state index contributed by atoms with van der Waals surface area (Å²) in [5, 5.41) is 0. The quantitative estimate of drug-likeness (QED) is 0.263. The van der Waals surface area contributed by atoms with Gasteiger partial charge in [-0.1, -0.05) is 6.92 Å². The lowest BCUT2D eigenvalue weighted by molar-refractivity contribution is -0.278. The maximum Gasteiger partial charge on any atom is 0.349 e. The molecule has 0 spiro atoms. The number of carbonyl (C=O) groups is 4. The zero-order valence-electron chi connectivity index (χ0n) is 11.3. The third-order valence-electron chi connectivity index (χ3n) is 1.82. The van der Waals surface area contributed by atoms with E-state index in [2.05, 4.69) is 9.78 Å². The number of carbonyl (C=O) groups excluding carboxylic acids is 4. The lowest BCUT2D eigenvalue weighted by atomic mass is 10.2. The highest BCUT2D eigenvalue weighted by molar-refractivity contribution is 5.94. The van der Waals surface area contributed by atoms with E-state index in [0.29, 0.717) is 0 Å². The average Bonchev–Trinajstić information content (AvgIpc) is 2.24. The second-order valence-electron chi connectivity index (χ2n) is 4.29. The Labute approximate surface area is 111 Å². The van der Waals surface area contributed by atoms with Crippen LogP contribution in [0.5, 0.6) is 0 Å². The summed E-state index contributed by atoms with van der Waals surface area (Å²) in [6, 6.07) is 0. The van der Waals surface area contributed by atoms with Crippen LogP contribution in [0.3, 0.4) is 0 Å². The van der Waals surface area contributed by atoms with Gasteiger partial charge < -0.3 is 4.74 Å². The van der Waals surface area contributed by atoms with Gasteiger partial charge in [-0.25, -0.2) is 4.79 Å². The predicted molar refractivity (Wildman–Crippen MR) is 62.8 cm³/mol. The minimum Gasteiger partial charge on any atom is -0.465 e. The van der Waals surface area contributed by atoms with Crippen LogP contribution in [0, 0.1) is 5.92 Å². The Bertz CT molecular complexity index is 348. The summed E-state index contributed by atoms with van der Waals surface area (Å²) in [5.41, 5.74) is 0. The minimum atomic E-state index is -0.770. The molecule has 0 aliphatic heterocycles. The van der Waals surface area contributed by atoms with Crippen LogP contribution in [0.25, 0.3) is 0 Å². The van der Waals surface area contributed by atoms with Crippen LogP contribution in [0.1, 0.15) is 33.6 Å². The lowest BCUT2D eigenvalue weighted by Crippen LogP contribution is -2.19. The SMILES string of the molecule is CC(=O)CC(=O)OCC(C)COOC(=O)CC(C)=O. The predicted octanol–water partition coefficient (Wildman–Crippen LogP) is 0.599. The largest absolute Gasteiger partial charge is 0.465 e. The molecule has 108 valence electrons. The fourth-order valence-corrected chi connectivity index (χ4v) is 0.986. The molecular formula is C12H18O7. The third kappa shape index (κ3) is 11.1. The fraction of sp³-hybridized carbons (Fsp3) is 0.667. The molecule has 0 saturated carbocycles. The second-order valence-corrected chi connectivity index (χ2v) is 4.29. The summed E-state index contributed by atoms with van der Waals surface area (Å²) in [5.74, 6) is -2.17. The van der Waals surface area contributed by atoms with Crippen molar-refractivity contribution in [1.29, 1.82) is 0 Å². The summed E-state index contributed by atoms with van der Waals surface area (Å²) >= 11 is 0. The van der Waals surface area contributed by atoms with Crippen molar-refractivity contribution in [3.63, 3.8) is 0 Å². The first-order valence-electron chi connectivity index (χ1n) is 5.78. The molecule has 0 radical (unpaired) electrons. The van der Waals surface area contributed by atoms with Crippen LogP contribution in [0.2, 0.25) is 0 Å². The Morgan fingerprint density at radius 1 is 0.895 bits per heavy atom. The van der Waals surface area contributed by atoms with Crippen LogP contribution in [0.4, 0.5) is 0 Å². The molecule has 0 aliphatic rings. The Kier molecular flexibility index (Phi) is 8.35. The van der Waals surface area contributed by atoms with E-state index in [4.69, 9.17) is 4.74 Å². The van der Waals surface area contributed by atoms with Gasteiger partial charge in [0.15, 0.2) is 0 Å². The van der Waals surface area contributed by atoms with E-state index in [0.717, 1.165) is 0 Å². The van der Waals surface area contributed by atoms with Gasteiger partial charge in [0.05, 0.1) is 13.2 Å². The topological polar surface area (TPSA) is 96.0 Å². The Morgan fingerprint density at radius 3 is 1.95 bits per heavy atom. The number of ketones is 2. The van der Waals surface area contributed by atoms with Crippen LogP contribution < -0.4 is 0 Å². The van der Waals surface area contributed by atoms with Gasteiger partial charge in [0.25, 0.3) is 0 Å². The fourth-order valence-electron chi connectivity index (χ4n) is 0.986. The smallest absolute Gasteiger partial charge is 0.349 e. The van der Waals surface area contributed by atoms with Crippen molar-refractivity contribution >= 4 is 23.5 Å². The minimum absolute atomic E-state index is 0.0248. The molecule has 0 aromatic heterocycles. The van der Waals surface area contributed by atoms with Crippen molar-refractivity contribution < 1.29 is 33.7 Å². The second kappa shape index (κ2) is 9.21. The van der Waals surface area contributed by atoms with Crippen molar-refractivity contribution in [2.45, 2.75) is 33.6 Å². The third-order valence-corrected chi connectivity index (χ3v) is 1.82. The number of esters is 1. The Balaban J connectivity index is 3.67. The maximum absolute atomic E-state index is 11.1. The highest BCUT2D eigenvalue weighted by Crippen LogP contribution is 2.00. The van der Waals surface area contributed by atoms with Gasteiger partial charge in [0.1, 0.15) is 24.4 Å². The summed E-state index contributed by atoms with van der Waals surface area (Å²) in [6.07, 6.45) is -0.608. The van der Waals surface area contributed by atoms with E-state index in [1.807, 2.05) is 0 Å². The van der Waals surface area contributed by atoms with Gasteiger partial charge in [-0.3, -0.25) is 19.3 Å². The molecule has 0 aromatic carbocycles. The van der Waals surface area contributed by atoms with Crippen molar-refractivity contribution in [1.82, 2.24) is 0 Å². The van der Waals surface area contributed by atoms with E-state index in [1.54, 1.807) is 6.92 Å². The van der Waals surface area contributed by atoms with Crippen LogP contribution in [-0.4, -0.2) is 36.7 Å². The first-order chi connectivity index (χ1) is 8.81. The Hall–Kier alpha value is -1.76. The van der Waals surface area contributed by atoms with E-state index >= 15 is 0 Å². The van der Waals surface area contributed by atoms with Gasteiger partial charge in [-0.15, -0.1) is 0 Å². The van der Waals surface area contributed by atoms with Crippen molar-refractivity contribution in [2.24, 2.45) is 5.92 Å². The molecular weight excluding hydrogens is 256 g/mol. The molecule has 0 bridgehead atoms. The summed E-state index contributed by atoms with van der Waals surface area (Å²) in [6.45, 7) is 4.34. The van der Waals surface area contributed by atoms with Crippen molar-refractivity contribution in [3.8, 4) is 0 Å². The number of Topliss-reactive ketones (excluding diaryl/α,β-unsaturated/α-hetero) is 2. The number of hydrogen-bond donors (Lipinski definition) is 0. The normalized spacial score (nSPS) is 11.5. The van der Waals surface area contributed by atoms with Crippen LogP contribution in [-0.2, 0) is 33.7 Å². The average molecular weight is 274 g/mol.